The highest BCUT2D eigenvalue weighted by Gasteiger charge is 2.12. The van der Waals surface area contributed by atoms with Gasteiger partial charge in [0.2, 0.25) is 0 Å². The van der Waals surface area contributed by atoms with Crippen molar-refractivity contribution in [2.45, 2.75) is 0 Å². The van der Waals surface area contributed by atoms with E-state index in [0.717, 1.165) is 16.8 Å². The van der Waals surface area contributed by atoms with Crippen molar-refractivity contribution in [2.24, 2.45) is 5.73 Å². The molecule has 0 spiro atoms. The Hall–Kier alpha value is -1.81. The summed E-state index contributed by atoms with van der Waals surface area (Å²) >= 11 is 0. The first-order chi connectivity index (χ1) is 8.01. The normalized spacial score (nSPS) is 9.88. The third-order valence-electron chi connectivity index (χ3n) is 2.53. The number of esters is 1. The average Bonchev–Trinajstić information content (AvgIpc) is 2.35. The zero-order chi connectivity index (χ0) is 13.0. The summed E-state index contributed by atoms with van der Waals surface area (Å²) in [5.74, 6) is -0.360. The Kier molecular flexibility index (Phi) is 4.29. The molecule has 4 nitrogen and oxygen atoms in total. The Labute approximate surface area is 102 Å². The molecule has 1 aromatic carbocycles. The van der Waals surface area contributed by atoms with E-state index in [2.05, 4.69) is 6.58 Å². The fourth-order valence-electron chi connectivity index (χ4n) is 1.56. The molecule has 0 atom stereocenters. The molecule has 92 valence electrons. The van der Waals surface area contributed by atoms with Crippen LogP contribution < -0.4 is 10.6 Å². The van der Waals surface area contributed by atoms with E-state index in [1.807, 2.05) is 25.1 Å². The first-order valence-corrected chi connectivity index (χ1v) is 5.29. The third kappa shape index (κ3) is 2.85. The highest BCUT2D eigenvalue weighted by molar-refractivity contribution is 5.92. The smallest absolute Gasteiger partial charge is 0.337 e. The standard InChI is InChI=1S/C13H18N2O2/c1-9(8-14)11-7-10(13(16)17-4)5-6-12(11)15(2)3/h5-7H,1,8,14H2,2-4H3. The van der Waals surface area contributed by atoms with Gasteiger partial charge in [0, 0.05) is 31.9 Å². The number of carbonyl (C=O) groups excluding carboxylic acids is 1. The maximum Gasteiger partial charge on any atom is 0.337 e. The van der Waals surface area contributed by atoms with Crippen LogP contribution in [0.2, 0.25) is 0 Å². The summed E-state index contributed by atoms with van der Waals surface area (Å²) in [5, 5.41) is 0. The summed E-state index contributed by atoms with van der Waals surface area (Å²) in [6.07, 6.45) is 0. The number of rotatable bonds is 4. The van der Waals surface area contributed by atoms with Gasteiger partial charge >= 0.3 is 5.97 Å². The number of benzene rings is 1. The van der Waals surface area contributed by atoms with Gasteiger partial charge in [0.1, 0.15) is 0 Å². The van der Waals surface area contributed by atoms with Crippen molar-refractivity contribution in [2.75, 3.05) is 32.6 Å². The summed E-state index contributed by atoms with van der Waals surface area (Å²) in [4.78, 5) is 13.4. The van der Waals surface area contributed by atoms with Gasteiger partial charge < -0.3 is 15.4 Å². The molecule has 0 saturated heterocycles. The summed E-state index contributed by atoms with van der Waals surface area (Å²) in [7, 11) is 5.22. The van der Waals surface area contributed by atoms with Crippen molar-refractivity contribution in [1.29, 1.82) is 0 Å². The number of methoxy groups -OCH3 is 1. The van der Waals surface area contributed by atoms with Gasteiger partial charge in [-0.1, -0.05) is 6.58 Å². The van der Waals surface area contributed by atoms with Crippen LogP contribution in [0.25, 0.3) is 5.57 Å². The maximum absolute atomic E-state index is 11.5. The van der Waals surface area contributed by atoms with Crippen molar-refractivity contribution in [3.8, 4) is 0 Å². The minimum absolute atomic E-state index is 0.353. The predicted molar refractivity (Wildman–Crippen MR) is 70.2 cm³/mol. The second-order valence-corrected chi connectivity index (χ2v) is 3.93. The van der Waals surface area contributed by atoms with Gasteiger partial charge in [0.15, 0.2) is 0 Å². The lowest BCUT2D eigenvalue weighted by molar-refractivity contribution is 0.0600. The van der Waals surface area contributed by atoms with Gasteiger partial charge in [-0.25, -0.2) is 4.79 Å². The quantitative estimate of drug-likeness (QED) is 0.802. The first kappa shape index (κ1) is 13.3. The summed E-state index contributed by atoms with van der Waals surface area (Å²) in [6.45, 7) is 4.26. The predicted octanol–water partition coefficient (Wildman–Crippen LogP) is 1.51. The van der Waals surface area contributed by atoms with E-state index < -0.39 is 0 Å². The number of carbonyl (C=O) groups is 1. The highest BCUT2D eigenvalue weighted by atomic mass is 16.5. The Morgan fingerprint density at radius 3 is 2.59 bits per heavy atom. The molecule has 0 amide bonds. The van der Waals surface area contributed by atoms with E-state index in [1.54, 1.807) is 12.1 Å². The lowest BCUT2D eigenvalue weighted by Gasteiger charge is -2.19. The SMILES string of the molecule is C=C(CN)c1cc(C(=O)OC)ccc1N(C)C. The van der Waals surface area contributed by atoms with E-state index in [0.29, 0.717) is 12.1 Å². The Morgan fingerprint density at radius 1 is 1.47 bits per heavy atom. The van der Waals surface area contributed by atoms with Crippen LogP contribution in [0.5, 0.6) is 0 Å². The van der Waals surface area contributed by atoms with Crippen molar-refractivity contribution >= 4 is 17.2 Å². The van der Waals surface area contributed by atoms with Gasteiger partial charge in [0.25, 0.3) is 0 Å². The summed E-state index contributed by atoms with van der Waals surface area (Å²) < 4.78 is 4.69. The molecular weight excluding hydrogens is 216 g/mol. The molecule has 0 radical (unpaired) electrons. The highest BCUT2D eigenvalue weighted by Crippen LogP contribution is 2.26. The zero-order valence-electron chi connectivity index (χ0n) is 10.5. The molecule has 17 heavy (non-hydrogen) atoms. The number of anilines is 1. The van der Waals surface area contributed by atoms with Crippen molar-refractivity contribution in [1.82, 2.24) is 0 Å². The molecule has 0 bridgehead atoms. The minimum Gasteiger partial charge on any atom is -0.465 e. The molecule has 0 saturated carbocycles. The third-order valence-corrected chi connectivity index (χ3v) is 2.53. The first-order valence-electron chi connectivity index (χ1n) is 5.29. The number of ether oxygens (including phenoxy) is 1. The van der Waals surface area contributed by atoms with Crippen LogP contribution in [0.15, 0.2) is 24.8 Å². The molecule has 0 fully saturated rings. The Bertz CT molecular complexity index is 439. The molecular formula is C13H18N2O2. The van der Waals surface area contributed by atoms with Crippen molar-refractivity contribution in [3.05, 3.63) is 35.9 Å². The van der Waals surface area contributed by atoms with Crippen LogP contribution in [0, 0.1) is 0 Å². The Balaban J connectivity index is 3.29. The second kappa shape index (κ2) is 5.50. The lowest BCUT2D eigenvalue weighted by atomic mass is 10.0. The molecule has 4 heteroatoms. The van der Waals surface area contributed by atoms with E-state index in [1.165, 1.54) is 7.11 Å². The summed E-state index contributed by atoms with van der Waals surface area (Å²) in [5.41, 5.74) is 8.75. The van der Waals surface area contributed by atoms with Crippen LogP contribution >= 0.6 is 0 Å². The topological polar surface area (TPSA) is 55.6 Å². The van der Waals surface area contributed by atoms with Crippen molar-refractivity contribution < 1.29 is 9.53 Å². The number of hydrogen-bond acceptors (Lipinski definition) is 4. The van der Waals surface area contributed by atoms with E-state index in [4.69, 9.17) is 10.5 Å². The lowest BCUT2D eigenvalue weighted by Crippen LogP contribution is -2.14. The van der Waals surface area contributed by atoms with E-state index in [-0.39, 0.29) is 5.97 Å². The molecule has 0 aliphatic rings. The number of hydrogen-bond donors (Lipinski definition) is 1. The van der Waals surface area contributed by atoms with Crippen LogP contribution in [0.4, 0.5) is 5.69 Å². The van der Waals surface area contributed by atoms with E-state index in [9.17, 15) is 4.79 Å². The summed E-state index contributed by atoms with van der Waals surface area (Å²) in [6, 6.07) is 5.35. The zero-order valence-corrected chi connectivity index (χ0v) is 10.5. The fraction of sp³-hybridized carbons (Fsp3) is 0.308. The second-order valence-electron chi connectivity index (χ2n) is 3.93. The largest absolute Gasteiger partial charge is 0.465 e. The van der Waals surface area contributed by atoms with Gasteiger partial charge in [-0.15, -0.1) is 0 Å². The van der Waals surface area contributed by atoms with Crippen LogP contribution in [0.1, 0.15) is 15.9 Å². The van der Waals surface area contributed by atoms with Gasteiger partial charge in [-0.2, -0.15) is 0 Å². The monoisotopic (exact) mass is 234 g/mol. The minimum atomic E-state index is -0.360. The van der Waals surface area contributed by atoms with E-state index >= 15 is 0 Å². The molecule has 0 aromatic heterocycles. The van der Waals surface area contributed by atoms with Crippen LogP contribution in [-0.2, 0) is 4.74 Å². The van der Waals surface area contributed by atoms with Crippen LogP contribution in [-0.4, -0.2) is 33.7 Å². The molecule has 0 unspecified atom stereocenters. The number of nitrogens with zero attached hydrogens (tertiary/aromatic N) is 1. The van der Waals surface area contributed by atoms with Crippen LogP contribution in [0.3, 0.4) is 0 Å². The van der Waals surface area contributed by atoms with Crippen molar-refractivity contribution in [3.63, 3.8) is 0 Å². The average molecular weight is 234 g/mol. The maximum atomic E-state index is 11.5. The molecule has 1 rings (SSSR count). The molecule has 2 N–H and O–H groups in total. The number of nitrogens with two attached hydrogens (primary N) is 1. The molecule has 0 heterocycles. The van der Waals surface area contributed by atoms with Gasteiger partial charge in [-0.05, 0) is 23.8 Å². The Morgan fingerprint density at radius 2 is 2.12 bits per heavy atom. The molecule has 0 aliphatic heterocycles. The molecule has 1 aromatic rings. The molecule has 0 aliphatic carbocycles. The van der Waals surface area contributed by atoms with Gasteiger partial charge in [-0.3, -0.25) is 0 Å². The fourth-order valence-corrected chi connectivity index (χ4v) is 1.56. The van der Waals surface area contributed by atoms with Gasteiger partial charge in [0.05, 0.1) is 12.7 Å².